The first kappa shape index (κ1) is 12.7. The van der Waals surface area contributed by atoms with Crippen molar-refractivity contribution in [3.8, 4) is 0 Å². The second-order valence-corrected chi connectivity index (χ2v) is 4.59. The highest BCUT2D eigenvalue weighted by Gasteiger charge is 2.39. The Hall–Kier alpha value is -1.72. The van der Waals surface area contributed by atoms with Crippen molar-refractivity contribution in [2.24, 2.45) is 10.7 Å². The third-order valence-electron chi connectivity index (χ3n) is 3.44. The van der Waals surface area contributed by atoms with Crippen LogP contribution < -0.4 is 5.73 Å². The lowest BCUT2D eigenvalue weighted by atomic mass is 9.90. The summed E-state index contributed by atoms with van der Waals surface area (Å²) >= 11 is 0. The van der Waals surface area contributed by atoms with Gasteiger partial charge in [-0.05, 0) is 24.6 Å². The molecule has 0 radical (unpaired) electrons. The lowest BCUT2D eigenvalue weighted by Gasteiger charge is -2.33. The minimum Gasteiger partial charge on any atom is -0.370 e. The Balaban J connectivity index is 2.41. The van der Waals surface area contributed by atoms with Crippen molar-refractivity contribution < 1.29 is 13.2 Å². The van der Waals surface area contributed by atoms with Crippen LogP contribution >= 0.6 is 0 Å². The maximum Gasteiger partial charge on any atom is 0.416 e. The molecular weight excluding hydrogens is 243 g/mol. The molecule has 0 amide bonds. The van der Waals surface area contributed by atoms with Gasteiger partial charge in [-0.2, -0.15) is 13.2 Å². The molecule has 0 aromatic heterocycles. The van der Waals surface area contributed by atoms with Crippen LogP contribution in [-0.2, 0) is 11.7 Å². The minimum atomic E-state index is -4.34. The van der Waals surface area contributed by atoms with Crippen molar-refractivity contribution >= 4 is 5.96 Å². The van der Waals surface area contributed by atoms with E-state index in [0.717, 1.165) is 12.1 Å². The monoisotopic (exact) mass is 257 g/mol. The zero-order chi connectivity index (χ0) is 13.6. The fourth-order valence-electron chi connectivity index (χ4n) is 2.02. The van der Waals surface area contributed by atoms with E-state index in [0.29, 0.717) is 18.1 Å². The number of hydrogen-bond acceptors (Lipinski definition) is 3. The summed E-state index contributed by atoms with van der Waals surface area (Å²) in [6, 6.07) is 5.29. The summed E-state index contributed by atoms with van der Waals surface area (Å²) in [6.45, 7) is 2.18. The topological polar surface area (TPSA) is 41.6 Å². The summed E-state index contributed by atoms with van der Waals surface area (Å²) in [5, 5.41) is 0. The van der Waals surface area contributed by atoms with Gasteiger partial charge >= 0.3 is 6.18 Å². The molecule has 1 atom stereocenters. The maximum absolute atomic E-state index is 12.7. The van der Waals surface area contributed by atoms with Gasteiger partial charge in [-0.25, -0.2) is 0 Å². The molecule has 2 rings (SSSR count). The van der Waals surface area contributed by atoms with Crippen LogP contribution in [0.25, 0.3) is 0 Å². The summed E-state index contributed by atoms with van der Waals surface area (Å²) < 4.78 is 38.1. The quantitative estimate of drug-likeness (QED) is 0.837. The molecule has 0 fully saturated rings. The van der Waals surface area contributed by atoms with Gasteiger partial charge in [-0.1, -0.05) is 12.1 Å². The number of rotatable bonds is 1. The molecule has 1 heterocycles. The van der Waals surface area contributed by atoms with Crippen LogP contribution in [0.3, 0.4) is 0 Å². The molecule has 0 bridgehead atoms. The molecule has 3 nitrogen and oxygen atoms in total. The number of hydrogen-bond donors (Lipinski definition) is 1. The zero-order valence-corrected chi connectivity index (χ0v) is 10.1. The van der Waals surface area contributed by atoms with Crippen LogP contribution in [0, 0.1) is 0 Å². The highest BCUT2D eigenvalue weighted by atomic mass is 19.4. The average Bonchev–Trinajstić information content (AvgIpc) is 2.58. The Kier molecular flexibility index (Phi) is 2.76. The number of nitrogens with zero attached hydrogens (tertiary/aromatic N) is 2. The Labute approximate surface area is 103 Å². The smallest absolute Gasteiger partial charge is 0.370 e. The first-order valence-corrected chi connectivity index (χ1v) is 5.46. The van der Waals surface area contributed by atoms with Crippen LogP contribution in [0.15, 0.2) is 29.3 Å². The van der Waals surface area contributed by atoms with Crippen molar-refractivity contribution in [3.05, 3.63) is 35.4 Å². The van der Waals surface area contributed by atoms with Gasteiger partial charge in [-0.15, -0.1) is 0 Å². The fraction of sp³-hybridized carbons (Fsp3) is 0.417. The lowest BCUT2D eigenvalue weighted by Crippen LogP contribution is -2.44. The van der Waals surface area contributed by atoms with Crippen LogP contribution in [-0.4, -0.2) is 24.5 Å². The highest BCUT2D eigenvalue weighted by molar-refractivity contribution is 5.81. The van der Waals surface area contributed by atoms with Gasteiger partial charge in [0, 0.05) is 7.05 Å². The largest absolute Gasteiger partial charge is 0.416 e. The Bertz CT molecular complexity index is 496. The number of alkyl halides is 3. The molecule has 1 aromatic carbocycles. The third-order valence-corrected chi connectivity index (χ3v) is 3.44. The van der Waals surface area contributed by atoms with E-state index in [1.165, 1.54) is 6.07 Å². The van der Waals surface area contributed by atoms with Gasteiger partial charge in [-0.3, -0.25) is 4.99 Å². The second kappa shape index (κ2) is 3.90. The van der Waals surface area contributed by atoms with Crippen LogP contribution in [0.1, 0.15) is 18.1 Å². The van der Waals surface area contributed by atoms with Crippen molar-refractivity contribution in [1.82, 2.24) is 4.90 Å². The third kappa shape index (κ3) is 1.91. The Morgan fingerprint density at radius 3 is 2.56 bits per heavy atom. The van der Waals surface area contributed by atoms with E-state index in [-0.39, 0.29) is 0 Å². The molecule has 1 aromatic rings. The van der Waals surface area contributed by atoms with E-state index in [1.807, 2.05) is 6.92 Å². The van der Waals surface area contributed by atoms with Crippen molar-refractivity contribution in [2.75, 3.05) is 13.6 Å². The second-order valence-electron chi connectivity index (χ2n) is 4.59. The van der Waals surface area contributed by atoms with Gasteiger partial charge < -0.3 is 10.6 Å². The summed E-state index contributed by atoms with van der Waals surface area (Å²) in [5.41, 5.74) is 4.96. The molecule has 0 spiro atoms. The van der Waals surface area contributed by atoms with E-state index in [9.17, 15) is 13.2 Å². The Morgan fingerprint density at radius 1 is 1.39 bits per heavy atom. The molecule has 1 aliphatic rings. The summed E-state index contributed by atoms with van der Waals surface area (Å²) in [6.07, 6.45) is -4.34. The molecule has 1 aliphatic heterocycles. The number of likely N-dealkylation sites (N-methyl/N-ethyl adjacent to an activating group) is 1. The summed E-state index contributed by atoms with van der Waals surface area (Å²) in [5.74, 6) is 0.343. The number of halogens is 3. The lowest BCUT2D eigenvalue weighted by molar-refractivity contribution is -0.137. The average molecular weight is 257 g/mol. The van der Waals surface area contributed by atoms with Crippen LogP contribution in [0.4, 0.5) is 13.2 Å². The van der Waals surface area contributed by atoms with Gasteiger partial charge in [0.05, 0.1) is 17.6 Å². The first-order valence-electron chi connectivity index (χ1n) is 5.46. The van der Waals surface area contributed by atoms with Crippen molar-refractivity contribution in [3.63, 3.8) is 0 Å². The molecule has 2 N–H and O–H groups in total. The van der Waals surface area contributed by atoms with Crippen molar-refractivity contribution in [1.29, 1.82) is 0 Å². The van der Waals surface area contributed by atoms with E-state index in [2.05, 4.69) is 4.99 Å². The highest BCUT2D eigenvalue weighted by Crippen LogP contribution is 2.35. The van der Waals surface area contributed by atoms with Crippen molar-refractivity contribution in [2.45, 2.75) is 18.6 Å². The molecule has 0 aliphatic carbocycles. The molecule has 6 heteroatoms. The van der Waals surface area contributed by atoms with E-state index < -0.39 is 17.3 Å². The SMILES string of the molecule is CN1C(N)=NCC1(C)c1cccc(C(F)(F)F)c1. The summed E-state index contributed by atoms with van der Waals surface area (Å²) in [7, 11) is 1.73. The van der Waals surface area contributed by atoms with Gasteiger partial charge in [0.15, 0.2) is 5.96 Å². The van der Waals surface area contributed by atoms with Gasteiger partial charge in [0.25, 0.3) is 0 Å². The summed E-state index contributed by atoms with van der Waals surface area (Å²) in [4.78, 5) is 5.77. The maximum atomic E-state index is 12.7. The Morgan fingerprint density at radius 2 is 2.06 bits per heavy atom. The predicted octanol–water partition coefficient (Wildman–Crippen LogP) is 2.18. The van der Waals surface area contributed by atoms with Gasteiger partial charge in [0.2, 0.25) is 0 Å². The van der Waals surface area contributed by atoms with Crippen LogP contribution in [0.5, 0.6) is 0 Å². The standard InChI is InChI=1S/C12H14F3N3/c1-11(7-17-10(16)18(11)2)8-4-3-5-9(6-8)12(13,14)15/h3-6H,7H2,1-2H3,(H2,16,17). The fourth-order valence-corrected chi connectivity index (χ4v) is 2.02. The molecule has 98 valence electrons. The first-order chi connectivity index (χ1) is 8.25. The number of aliphatic imine (C=N–C) groups is 1. The molecule has 0 saturated heterocycles. The predicted molar refractivity (Wildman–Crippen MR) is 63.0 cm³/mol. The molecule has 0 saturated carbocycles. The normalized spacial score (nSPS) is 24.3. The number of nitrogens with two attached hydrogens (primary N) is 1. The zero-order valence-electron chi connectivity index (χ0n) is 10.1. The van der Waals surface area contributed by atoms with Crippen LogP contribution in [0.2, 0.25) is 0 Å². The van der Waals surface area contributed by atoms with E-state index in [4.69, 9.17) is 5.73 Å². The molecule has 1 unspecified atom stereocenters. The van der Waals surface area contributed by atoms with E-state index in [1.54, 1.807) is 18.0 Å². The minimum absolute atomic E-state index is 0.343. The molecule has 18 heavy (non-hydrogen) atoms. The van der Waals surface area contributed by atoms with Gasteiger partial charge in [0.1, 0.15) is 0 Å². The van der Waals surface area contributed by atoms with E-state index >= 15 is 0 Å². The number of benzene rings is 1. The number of guanidine groups is 1. The molecular formula is C12H14F3N3.